The highest BCUT2D eigenvalue weighted by Gasteiger charge is 2.18. The van der Waals surface area contributed by atoms with Gasteiger partial charge in [-0.1, -0.05) is 0 Å². The van der Waals surface area contributed by atoms with Gasteiger partial charge in [-0.2, -0.15) is 0 Å². The van der Waals surface area contributed by atoms with E-state index >= 15 is 0 Å². The third kappa shape index (κ3) is 3.73. The summed E-state index contributed by atoms with van der Waals surface area (Å²) in [6, 6.07) is 4.09. The lowest BCUT2D eigenvalue weighted by molar-refractivity contribution is 0.416. The van der Waals surface area contributed by atoms with E-state index in [1.54, 1.807) is 30.2 Å². The number of nitrogen functional groups attached to an aromatic ring is 1. The largest absolute Gasteiger partial charge is 0.495 e. The lowest BCUT2D eigenvalue weighted by atomic mass is 10.3. The van der Waals surface area contributed by atoms with Gasteiger partial charge in [0.05, 0.1) is 24.0 Å². The predicted molar refractivity (Wildman–Crippen MR) is 79.4 cm³/mol. The number of benzene rings is 1. The molecule has 0 radical (unpaired) electrons. The van der Waals surface area contributed by atoms with Crippen molar-refractivity contribution >= 4 is 15.7 Å². The van der Waals surface area contributed by atoms with Crippen LogP contribution in [0.2, 0.25) is 0 Å². The Kier molecular flexibility index (Phi) is 4.49. The highest BCUT2D eigenvalue weighted by molar-refractivity contribution is 7.89. The topological polar surface area (TPSA) is 99.2 Å². The fourth-order valence-corrected chi connectivity index (χ4v) is 3.23. The van der Waals surface area contributed by atoms with E-state index in [4.69, 9.17) is 10.5 Å². The number of methoxy groups -OCH3 is 1. The summed E-state index contributed by atoms with van der Waals surface area (Å²) in [6.45, 7) is 2.27. The molecule has 0 saturated carbocycles. The number of nitrogens with two attached hydrogens (primary N) is 1. The molecule has 0 fully saturated rings. The fraction of sp³-hybridized carbons (Fsp3) is 0.308. The van der Waals surface area contributed by atoms with Gasteiger partial charge in [-0.05, 0) is 25.1 Å². The van der Waals surface area contributed by atoms with Crippen molar-refractivity contribution < 1.29 is 13.2 Å². The smallest absolute Gasteiger partial charge is 0.240 e. The summed E-state index contributed by atoms with van der Waals surface area (Å²) < 4.78 is 34.0. The van der Waals surface area contributed by atoms with Gasteiger partial charge in [0.1, 0.15) is 5.75 Å². The summed E-state index contributed by atoms with van der Waals surface area (Å²) in [4.78, 5) is 4.03. The van der Waals surface area contributed by atoms with Crippen molar-refractivity contribution in [3.05, 3.63) is 36.9 Å². The number of imidazole rings is 1. The van der Waals surface area contributed by atoms with E-state index in [1.807, 2.05) is 0 Å². The maximum absolute atomic E-state index is 12.3. The second-order valence-electron chi connectivity index (χ2n) is 4.69. The standard InChI is InChI=1S/C13H18N4O3S/c1-10(8-17-6-5-15-9-17)16-21(18,19)11-3-4-13(20-2)12(14)7-11/h3-7,9-10,16H,8,14H2,1-2H3. The molecule has 2 rings (SSSR count). The zero-order valence-electron chi connectivity index (χ0n) is 11.9. The molecule has 114 valence electrons. The lowest BCUT2D eigenvalue weighted by Gasteiger charge is -2.15. The van der Waals surface area contributed by atoms with Gasteiger partial charge in [-0.25, -0.2) is 18.1 Å². The number of nitrogens with one attached hydrogen (secondary N) is 1. The van der Waals surface area contributed by atoms with Gasteiger partial charge in [0.15, 0.2) is 0 Å². The molecule has 1 atom stereocenters. The van der Waals surface area contributed by atoms with Gasteiger partial charge in [-0.15, -0.1) is 0 Å². The molecule has 0 saturated heterocycles. The zero-order chi connectivity index (χ0) is 15.5. The van der Waals surface area contributed by atoms with Crippen molar-refractivity contribution in [3.8, 4) is 5.75 Å². The third-order valence-electron chi connectivity index (χ3n) is 2.91. The summed E-state index contributed by atoms with van der Waals surface area (Å²) in [5.41, 5.74) is 6.02. The average molecular weight is 310 g/mol. The minimum Gasteiger partial charge on any atom is -0.495 e. The molecule has 21 heavy (non-hydrogen) atoms. The van der Waals surface area contributed by atoms with E-state index in [0.29, 0.717) is 12.3 Å². The highest BCUT2D eigenvalue weighted by atomic mass is 32.2. The number of nitrogens with zero attached hydrogens (tertiary/aromatic N) is 2. The predicted octanol–water partition coefficient (Wildman–Crippen LogP) is 0.841. The number of hydrogen-bond donors (Lipinski definition) is 2. The molecule has 3 N–H and O–H groups in total. The van der Waals surface area contributed by atoms with Gasteiger partial charge in [0.25, 0.3) is 0 Å². The Hall–Kier alpha value is -2.06. The van der Waals surface area contributed by atoms with E-state index in [9.17, 15) is 8.42 Å². The molecule has 0 amide bonds. The van der Waals surface area contributed by atoms with Gasteiger partial charge in [0, 0.05) is 25.0 Å². The Balaban J connectivity index is 2.12. The quantitative estimate of drug-likeness (QED) is 0.770. The molecule has 1 aromatic carbocycles. The molecule has 8 heteroatoms. The summed E-state index contributed by atoms with van der Waals surface area (Å²) in [5.74, 6) is 0.445. The van der Waals surface area contributed by atoms with Gasteiger partial charge in [-0.3, -0.25) is 0 Å². The van der Waals surface area contributed by atoms with Crippen LogP contribution in [0.3, 0.4) is 0 Å². The van der Waals surface area contributed by atoms with Crippen LogP contribution in [0.5, 0.6) is 5.75 Å². The molecule has 7 nitrogen and oxygen atoms in total. The SMILES string of the molecule is COc1ccc(S(=O)(=O)NC(C)Cn2ccnc2)cc1N. The normalized spacial score (nSPS) is 13.0. The molecular formula is C13H18N4O3S. The third-order valence-corrected chi connectivity index (χ3v) is 4.50. The summed E-state index contributed by atoms with van der Waals surface area (Å²) in [6.07, 6.45) is 5.05. The maximum Gasteiger partial charge on any atom is 0.240 e. The molecule has 1 unspecified atom stereocenters. The van der Waals surface area contributed by atoms with Crippen LogP contribution in [0.1, 0.15) is 6.92 Å². The number of hydrogen-bond acceptors (Lipinski definition) is 5. The van der Waals surface area contributed by atoms with Crippen LogP contribution in [-0.2, 0) is 16.6 Å². The summed E-state index contributed by atoms with van der Waals surface area (Å²) >= 11 is 0. The zero-order valence-corrected chi connectivity index (χ0v) is 12.7. The number of sulfonamides is 1. The first-order valence-electron chi connectivity index (χ1n) is 6.34. The number of anilines is 1. The van der Waals surface area contributed by atoms with E-state index in [2.05, 4.69) is 9.71 Å². The summed E-state index contributed by atoms with van der Waals surface area (Å²) in [5, 5.41) is 0. The van der Waals surface area contributed by atoms with Gasteiger partial charge in [0.2, 0.25) is 10.0 Å². The van der Waals surface area contributed by atoms with E-state index in [1.165, 1.54) is 25.3 Å². The van der Waals surface area contributed by atoms with Crippen molar-refractivity contribution in [1.29, 1.82) is 0 Å². The number of aromatic nitrogens is 2. The van der Waals surface area contributed by atoms with Crippen molar-refractivity contribution in [1.82, 2.24) is 14.3 Å². The van der Waals surface area contributed by atoms with Gasteiger partial charge >= 0.3 is 0 Å². The molecule has 1 aromatic heterocycles. The Morgan fingerprint density at radius 2 is 2.24 bits per heavy atom. The fourth-order valence-electron chi connectivity index (χ4n) is 1.96. The highest BCUT2D eigenvalue weighted by Crippen LogP contribution is 2.24. The van der Waals surface area contributed by atoms with E-state index in [0.717, 1.165) is 0 Å². The minimum atomic E-state index is -3.63. The first-order valence-corrected chi connectivity index (χ1v) is 7.82. The molecule has 0 aliphatic heterocycles. The molecule has 1 heterocycles. The van der Waals surface area contributed by atoms with Crippen LogP contribution in [0.15, 0.2) is 41.8 Å². The number of ether oxygens (including phenoxy) is 1. The lowest BCUT2D eigenvalue weighted by Crippen LogP contribution is -2.35. The second-order valence-corrected chi connectivity index (χ2v) is 6.40. The Morgan fingerprint density at radius 1 is 1.48 bits per heavy atom. The van der Waals surface area contributed by atoms with Crippen molar-refractivity contribution in [3.63, 3.8) is 0 Å². The van der Waals surface area contributed by atoms with E-state index < -0.39 is 10.0 Å². The number of rotatable bonds is 6. The average Bonchev–Trinajstić information content (AvgIpc) is 2.90. The van der Waals surface area contributed by atoms with Crippen LogP contribution >= 0.6 is 0 Å². The van der Waals surface area contributed by atoms with Crippen molar-refractivity contribution in [2.24, 2.45) is 0 Å². The minimum absolute atomic E-state index is 0.110. The maximum atomic E-state index is 12.3. The Bertz CT molecular complexity index is 698. The summed E-state index contributed by atoms with van der Waals surface area (Å²) in [7, 11) is -2.15. The molecule has 0 spiro atoms. The Labute approximate surface area is 123 Å². The molecule has 0 aliphatic carbocycles. The first kappa shape index (κ1) is 15.3. The van der Waals surface area contributed by atoms with Gasteiger partial charge < -0.3 is 15.0 Å². The molecule has 0 bridgehead atoms. The monoisotopic (exact) mass is 310 g/mol. The van der Waals surface area contributed by atoms with Crippen molar-refractivity contribution in [2.75, 3.05) is 12.8 Å². The van der Waals surface area contributed by atoms with Crippen LogP contribution < -0.4 is 15.2 Å². The first-order chi connectivity index (χ1) is 9.92. The molecular weight excluding hydrogens is 292 g/mol. The van der Waals surface area contributed by atoms with Crippen LogP contribution in [0.4, 0.5) is 5.69 Å². The van der Waals surface area contributed by atoms with Crippen LogP contribution in [0, 0.1) is 0 Å². The van der Waals surface area contributed by atoms with E-state index in [-0.39, 0.29) is 16.6 Å². The van der Waals surface area contributed by atoms with Crippen LogP contribution in [0.25, 0.3) is 0 Å². The van der Waals surface area contributed by atoms with Crippen LogP contribution in [-0.4, -0.2) is 31.1 Å². The molecule has 0 aliphatic rings. The Morgan fingerprint density at radius 3 is 2.81 bits per heavy atom. The molecule has 2 aromatic rings. The van der Waals surface area contributed by atoms with Crippen molar-refractivity contribution in [2.45, 2.75) is 24.4 Å². The second kappa shape index (κ2) is 6.15.